The second-order valence-electron chi connectivity index (χ2n) is 5.19. The quantitative estimate of drug-likeness (QED) is 0.458. The van der Waals surface area contributed by atoms with Crippen LogP contribution in [-0.4, -0.2) is 32.3 Å². The number of para-hydroxylation sites is 1. The number of halogens is 1. The van der Waals surface area contributed by atoms with Gasteiger partial charge < -0.3 is 19.8 Å². The van der Waals surface area contributed by atoms with Gasteiger partial charge in [0.25, 0.3) is 0 Å². The number of benzene rings is 1. The molecular formula is C16H22IN3O2. The number of furan rings is 1. The molecule has 0 saturated carbocycles. The smallest absolute Gasteiger partial charge is 0.191 e. The minimum Gasteiger partial charge on any atom is -0.459 e. The Hall–Kier alpha value is -1.28. The van der Waals surface area contributed by atoms with Gasteiger partial charge in [-0.25, -0.2) is 0 Å². The molecule has 1 saturated heterocycles. The molecule has 2 heterocycles. The predicted octanol–water partition coefficient (Wildman–Crippen LogP) is 2.89. The summed E-state index contributed by atoms with van der Waals surface area (Å²) in [5, 5.41) is 7.67. The van der Waals surface area contributed by atoms with Gasteiger partial charge in [-0.05, 0) is 25.0 Å². The summed E-state index contributed by atoms with van der Waals surface area (Å²) in [6, 6.07) is 10.1. The van der Waals surface area contributed by atoms with Crippen molar-refractivity contribution in [1.82, 2.24) is 10.6 Å². The second-order valence-corrected chi connectivity index (χ2v) is 5.19. The molecule has 2 N–H and O–H groups in total. The first-order valence-corrected chi connectivity index (χ1v) is 7.39. The van der Waals surface area contributed by atoms with Crippen LogP contribution in [0.5, 0.6) is 0 Å². The molecule has 22 heavy (non-hydrogen) atoms. The van der Waals surface area contributed by atoms with Crippen LogP contribution in [0, 0.1) is 0 Å². The Morgan fingerprint density at radius 3 is 2.91 bits per heavy atom. The van der Waals surface area contributed by atoms with Crippen LogP contribution in [-0.2, 0) is 11.3 Å². The molecule has 1 aromatic carbocycles. The highest BCUT2D eigenvalue weighted by Crippen LogP contribution is 2.18. The maximum atomic E-state index is 5.77. The Balaban J connectivity index is 0.00000176. The van der Waals surface area contributed by atoms with Crippen LogP contribution in [0.1, 0.15) is 18.6 Å². The monoisotopic (exact) mass is 415 g/mol. The molecule has 0 spiro atoms. The molecule has 3 rings (SSSR count). The van der Waals surface area contributed by atoms with Gasteiger partial charge in [0.1, 0.15) is 11.3 Å². The maximum absolute atomic E-state index is 5.77. The van der Waals surface area contributed by atoms with E-state index in [9.17, 15) is 0 Å². The maximum Gasteiger partial charge on any atom is 0.191 e. The highest BCUT2D eigenvalue weighted by molar-refractivity contribution is 14.0. The number of rotatable bonds is 4. The number of fused-ring (bicyclic) bond motifs is 1. The van der Waals surface area contributed by atoms with Crippen LogP contribution in [0.2, 0.25) is 0 Å². The van der Waals surface area contributed by atoms with E-state index in [2.05, 4.69) is 21.7 Å². The van der Waals surface area contributed by atoms with E-state index in [0.29, 0.717) is 12.6 Å². The van der Waals surface area contributed by atoms with Crippen molar-refractivity contribution < 1.29 is 9.15 Å². The number of nitrogens with one attached hydrogen (secondary N) is 2. The topological polar surface area (TPSA) is 58.8 Å². The molecular weight excluding hydrogens is 393 g/mol. The summed E-state index contributed by atoms with van der Waals surface area (Å²) in [6.45, 7) is 2.27. The normalized spacial score (nSPS) is 18.2. The Bertz CT molecular complexity index is 588. The minimum atomic E-state index is 0. The van der Waals surface area contributed by atoms with Crippen molar-refractivity contribution in [2.24, 2.45) is 4.99 Å². The van der Waals surface area contributed by atoms with Crippen molar-refractivity contribution in [2.45, 2.75) is 25.5 Å². The lowest BCUT2D eigenvalue weighted by Gasteiger charge is -2.14. The number of ether oxygens (including phenoxy) is 1. The number of guanidine groups is 1. The van der Waals surface area contributed by atoms with Gasteiger partial charge in [-0.3, -0.25) is 4.99 Å². The van der Waals surface area contributed by atoms with Gasteiger partial charge >= 0.3 is 0 Å². The SMILES string of the molecule is CN=C(NCc1cc2ccccc2o1)NCC1CCCO1.I. The molecule has 1 aliphatic rings. The molecule has 1 aliphatic heterocycles. The van der Waals surface area contributed by atoms with Crippen LogP contribution in [0.25, 0.3) is 11.0 Å². The average Bonchev–Trinajstić information content (AvgIpc) is 3.16. The average molecular weight is 415 g/mol. The zero-order chi connectivity index (χ0) is 14.5. The van der Waals surface area contributed by atoms with E-state index in [4.69, 9.17) is 9.15 Å². The number of nitrogens with zero attached hydrogens (tertiary/aromatic N) is 1. The molecule has 0 radical (unpaired) electrons. The van der Waals surface area contributed by atoms with Gasteiger partial charge in [-0.1, -0.05) is 18.2 Å². The molecule has 120 valence electrons. The fraction of sp³-hybridized carbons (Fsp3) is 0.438. The van der Waals surface area contributed by atoms with Crippen LogP contribution in [0.15, 0.2) is 39.7 Å². The zero-order valence-corrected chi connectivity index (χ0v) is 15.0. The summed E-state index contributed by atoms with van der Waals surface area (Å²) in [5.41, 5.74) is 0.914. The minimum absolute atomic E-state index is 0. The highest BCUT2D eigenvalue weighted by atomic mass is 127. The van der Waals surface area contributed by atoms with Crippen molar-refractivity contribution in [3.63, 3.8) is 0 Å². The van der Waals surface area contributed by atoms with Gasteiger partial charge in [-0.2, -0.15) is 0 Å². The summed E-state index contributed by atoms with van der Waals surface area (Å²) in [7, 11) is 1.77. The van der Waals surface area contributed by atoms with Crippen LogP contribution in [0.4, 0.5) is 0 Å². The Morgan fingerprint density at radius 1 is 1.32 bits per heavy atom. The fourth-order valence-corrected chi connectivity index (χ4v) is 2.53. The van der Waals surface area contributed by atoms with Gasteiger partial charge in [0, 0.05) is 25.6 Å². The molecule has 1 fully saturated rings. The van der Waals surface area contributed by atoms with Gasteiger partial charge in [0.15, 0.2) is 5.96 Å². The molecule has 1 unspecified atom stereocenters. The molecule has 1 aromatic heterocycles. The molecule has 0 amide bonds. The zero-order valence-electron chi connectivity index (χ0n) is 12.7. The van der Waals surface area contributed by atoms with Crippen molar-refractivity contribution in [3.05, 3.63) is 36.1 Å². The third-order valence-corrected chi connectivity index (χ3v) is 3.65. The first-order chi connectivity index (χ1) is 10.3. The van der Waals surface area contributed by atoms with E-state index >= 15 is 0 Å². The van der Waals surface area contributed by atoms with E-state index < -0.39 is 0 Å². The van der Waals surface area contributed by atoms with E-state index in [1.807, 2.05) is 24.3 Å². The summed E-state index contributed by atoms with van der Waals surface area (Å²) in [5.74, 6) is 1.67. The molecule has 2 aromatic rings. The molecule has 1 atom stereocenters. The molecule has 0 aliphatic carbocycles. The lowest BCUT2D eigenvalue weighted by molar-refractivity contribution is 0.114. The van der Waals surface area contributed by atoms with E-state index in [-0.39, 0.29) is 24.0 Å². The molecule has 5 nitrogen and oxygen atoms in total. The van der Waals surface area contributed by atoms with Gasteiger partial charge in [-0.15, -0.1) is 24.0 Å². The van der Waals surface area contributed by atoms with Crippen LogP contribution in [0.3, 0.4) is 0 Å². The lowest BCUT2D eigenvalue weighted by Crippen LogP contribution is -2.40. The lowest BCUT2D eigenvalue weighted by atomic mass is 10.2. The summed E-state index contributed by atoms with van der Waals surface area (Å²) >= 11 is 0. The van der Waals surface area contributed by atoms with Gasteiger partial charge in [0.2, 0.25) is 0 Å². The largest absolute Gasteiger partial charge is 0.459 e. The first kappa shape index (κ1) is 17.1. The Morgan fingerprint density at radius 2 is 2.18 bits per heavy atom. The third-order valence-electron chi connectivity index (χ3n) is 3.65. The van der Waals surface area contributed by atoms with Crippen molar-refractivity contribution in [1.29, 1.82) is 0 Å². The second kappa shape index (κ2) is 8.38. The van der Waals surface area contributed by atoms with Gasteiger partial charge in [0.05, 0.1) is 12.6 Å². The fourth-order valence-electron chi connectivity index (χ4n) is 2.53. The van der Waals surface area contributed by atoms with Crippen LogP contribution < -0.4 is 10.6 Å². The van der Waals surface area contributed by atoms with E-state index in [1.54, 1.807) is 7.05 Å². The van der Waals surface area contributed by atoms with E-state index in [1.165, 1.54) is 0 Å². The summed E-state index contributed by atoms with van der Waals surface area (Å²) in [6.07, 6.45) is 2.57. The number of hydrogen-bond acceptors (Lipinski definition) is 3. The highest BCUT2D eigenvalue weighted by Gasteiger charge is 2.15. The Kier molecular flexibility index (Phi) is 6.50. The summed E-state index contributed by atoms with van der Waals surface area (Å²) < 4.78 is 11.4. The molecule has 0 bridgehead atoms. The predicted molar refractivity (Wildman–Crippen MR) is 98.8 cm³/mol. The number of hydrogen-bond donors (Lipinski definition) is 2. The molecule has 6 heteroatoms. The number of aliphatic imine (C=N–C) groups is 1. The van der Waals surface area contributed by atoms with Crippen molar-refractivity contribution in [2.75, 3.05) is 20.2 Å². The van der Waals surface area contributed by atoms with Crippen LogP contribution >= 0.6 is 24.0 Å². The third kappa shape index (κ3) is 4.36. The standard InChI is InChI=1S/C16H21N3O2.HI/c1-17-16(18-10-13-6-4-8-20-13)19-11-14-9-12-5-2-3-7-15(12)21-14;/h2-3,5,7,9,13H,4,6,8,10-11H2,1H3,(H2,17,18,19);1H. The van der Waals surface area contributed by atoms with E-state index in [0.717, 1.165) is 48.7 Å². The van der Waals surface area contributed by atoms with Crippen molar-refractivity contribution >= 4 is 40.9 Å². The Labute approximate surface area is 147 Å². The van der Waals surface area contributed by atoms with Crippen molar-refractivity contribution in [3.8, 4) is 0 Å². The summed E-state index contributed by atoms with van der Waals surface area (Å²) in [4.78, 5) is 4.22. The first-order valence-electron chi connectivity index (χ1n) is 7.39.